The van der Waals surface area contributed by atoms with Gasteiger partial charge in [-0.3, -0.25) is 9.59 Å². The highest BCUT2D eigenvalue weighted by Gasteiger charge is 2.20. The topological polar surface area (TPSA) is 67.9 Å². The molecule has 0 unspecified atom stereocenters. The van der Waals surface area contributed by atoms with Gasteiger partial charge in [0.15, 0.2) is 11.5 Å². The molecule has 0 fully saturated rings. The number of thiophene rings is 1. The first-order valence-corrected chi connectivity index (χ1v) is 10.6. The van der Waals surface area contributed by atoms with Crippen molar-refractivity contribution in [3.63, 3.8) is 0 Å². The molecule has 1 aliphatic heterocycles. The zero-order chi connectivity index (χ0) is 20.9. The number of benzene rings is 2. The molecule has 1 aromatic heterocycles. The van der Waals surface area contributed by atoms with Gasteiger partial charge in [0.25, 0.3) is 0 Å². The lowest BCUT2D eigenvalue weighted by Crippen LogP contribution is -2.31. The van der Waals surface area contributed by atoms with E-state index in [1.54, 1.807) is 28.4 Å². The van der Waals surface area contributed by atoms with Crippen LogP contribution in [0, 0.1) is 0 Å². The molecule has 7 heteroatoms. The highest BCUT2D eigenvalue weighted by atomic mass is 32.1. The molecule has 0 radical (unpaired) electrons. The van der Waals surface area contributed by atoms with Crippen LogP contribution in [-0.2, 0) is 22.6 Å². The number of carbonyl (C=O) groups is 2. The predicted molar refractivity (Wildman–Crippen MR) is 117 cm³/mol. The lowest BCUT2D eigenvalue weighted by Gasteiger charge is -2.25. The van der Waals surface area contributed by atoms with Gasteiger partial charge in [0.1, 0.15) is 13.2 Å². The van der Waals surface area contributed by atoms with E-state index in [9.17, 15) is 9.59 Å². The smallest absolute Gasteiger partial charge is 0.231 e. The van der Waals surface area contributed by atoms with Gasteiger partial charge in [-0.05, 0) is 41.3 Å². The second-order valence-electron chi connectivity index (χ2n) is 6.94. The number of nitrogens with zero attached hydrogens (tertiary/aromatic N) is 1. The minimum absolute atomic E-state index is 0.0210. The van der Waals surface area contributed by atoms with Crippen molar-refractivity contribution in [3.05, 3.63) is 70.4 Å². The van der Waals surface area contributed by atoms with Crippen LogP contribution in [0.4, 0.5) is 11.4 Å². The van der Waals surface area contributed by atoms with Gasteiger partial charge >= 0.3 is 0 Å². The van der Waals surface area contributed by atoms with Crippen molar-refractivity contribution in [3.8, 4) is 11.5 Å². The zero-order valence-electron chi connectivity index (χ0n) is 16.6. The quantitative estimate of drug-likeness (QED) is 0.645. The van der Waals surface area contributed by atoms with Gasteiger partial charge in [-0.15, -0.1) is 11.3 Å². The van der Waals surface area contributed by atoms with Crippen molar-refractivity contribution in [2.45, 2.75) is 19.9 Å². The van der Waals surface area contributed by atoms with E-state index in [0.717, 1.165) is 16.1 Å². The molecule has 3 aromatic rings. The Kier molecular flexibility index (Phi) is 5.99. The number of rotatable bonds is 6. The van der Waals surface area contributed by atoms with Crippen molar-refractivity contribution in [2.24, 2.45) is 0 Å². The van der Waals surface area contributed by atoms with Crippen molar-refractivity contribution >= 4 is 34.5 Å². The van der Waals surface area contributed by atoms with Gasteiger partial charge in [-0.25, -0.2) is 0 Å². The van der Waals surface area contributed by atoms with Gasteiger partial charge in [0.2, 0.25) is 11.8 Å². The summed E-state index contributed by atoms with van der Waals surface area (Å²) in [5, 5.41) is 4.74. The number of ether oxygens (including phenoxy) is 2. The second-order valence-corrected chi connectivity index (χ2v) is 7.97. The minimum Gasteiger partial charge on any atom is -0.486 e. The van der Waals surface area contributed by atoms with Crippen LogP contribution in [0.5, 0.6) is 11.5 Å². The highest BCUT2D eigenvalue weighted by molar-refractivity contribution is 7.09. The number of amides is 2. The fourth-order valence-electron chi connectivity index (χ4n) is 3.26. The Hall–Kier alpha value is -3.32. The molecule has 0 bridgehead atoms. The third kappa shape index (κ3) is 4.80. The van der Waals surface area contributed by atoms with E-state index in [1.807, 2.05) is 47.8 Å². The van der Waals surface area contributed by atoms with Crippen LogP contribution < -0.4 is 19.7 Å². The van der Waals surface area contributed by atoms with Crippen molar-refractivity contribution in [1.82, 2.24) is 0 Å². The van der Waals surface area contributed by atoms with E-state index < -0.39 is 0 Å². The Balaban J connectivity index is 1.56. The molecular weight excluding hydrogens is 400 g/mol. The first-order chi connectivity index (χ1) is 14.6. The Morgan fingerprint density at radius 1 is 1.03 bits per heavy atom. The molecule has 1 aliphatic rings. The van der Waals surface area contributed by atoms with Crippen molar-refractivity contribution in [1.29, 1.82) is 0 Å². The number of hydrogen-bond acceptors (Lipinski definition) is 5. The predicted octanol–water partition coefficient (Wildman–Crippen LogP) is 4.25. The summed E-state index contributed by atoms with van der Waals surface area (Å²) in [6.07, 6.45) is 0.250. The maximum atomic E-state index is 13.3. The van der Waals surface area contributed by atoms with Crippen molar-refractivity contribution in [2.75, 3.05) is 23.4 Å². The summed E-state index contributed by atoms with van der Waals surface area (Å²) in [5.74, 6) is 1.20. The lowest BCUT2D eigenvalue weighted by molar-refractivity contribution is -0.118. The number of hydrogen-bond donors (Lipinski definition) is 1. The van der Waals surface area contributed by atoms with Crippen LogP contribution in [0.2, 0.25) is 0 Å². The summed E-state index contributed by atoms with van der Waals surface area (Å²) < 4.78 is 11.3. The normalized spacial score (nSPS) is 12.3. The van der Waals surface area contributed by atoms with E-state index in [0.29, 0.717) is 36.9 Å². The minimum atomic E-state index is -0.125. The molecular formula is C23H22N2O4S. The van der Waals surface area contributed by atoms with Crippen LogP contribution in [-0.4, -0.2) is 25.0 Å². The Labute approximate surface area is 179 Å². The van der Waals surface area contributed by atoms with E-state index >= 15 is 0 Å². The number of anilines is 2. The lowest BCUT2D eigenvalue weighted by atomic mass is 10.1. The van der Waals surface area contributed by atoms with Crippen LogP contribution in [0.15, 0.2) is 60.0 Å². The van der Waals surface area contributed by atoms with Gasteiger partial charge in [-0.2, -0.15) is 0 Å². The molecule has 6 nitrogen and oxygen atoms in total. The number of nitrogens with one attached hydrogen (secondary N) is 1. The second kappa shape index (κ2) is 9.00. The van der Waals surface area contributed by atoms with Crippen LogP contribution in [0.1, 0.15) is 17.4 Å². The summed E-state index contributed by atoms with van der Waals surface area (Å²) in [7, 11) is 0. The molecule has 154 valence electrons. The molecule has 0 spiro atoms. The Morgan fingerprint density at radius 3 is 2.50 bits per heavy atom. The summed E-state index contributed by atoms with van der Waals surface area (Å²) in [6.45, 7) is 2.97. The van der Waals surface area contributed by atoms with E-state index in [2.05, 4.69) is 5.32 Å². The van der Waals surface area contributed by atoms with Gasteiger partial charge in [-0.1, -0.05) is 18.2 Å². The SMILES string of the molecule is CC(=O)Nc1ccc(CC(=O)N(Cc2cccs2)c2ccc3c(c2)OCCO3)cc1. The molecule has 2 amide bonds. The maximum Gasteiger partial charge on any atom is 0.231 e. The summed E-state index contributed by atoms with van der Waals surface area (Å²) in [4.78, 5) is 27.3. The fraction of sp³-hybridized carbons (Fsp3) is 0.217. The standard InChI is InChI=1S/C23H22N2O4S/c1-16(26)24-18-6-4-17(5-7-18)13-23(27)25(15-20-3-2-12-30-20)19-8-9-21-22(14-19)29-11-10-28-21/h2-9,12,14H,10-11,13,15H2,1H3,(H,24,26). The van der Waals surface area contributed by atoms with Crippen LogP contribution in [0.25, 0.3) is 0 Å². The molecule has 4 rings (SSSR count). The molecule has 1 N–H and O–H groups in total. The van der Waals surface area contributed by atoms with Crippen molar-refractivity contribution < 1.29 is 19.1 Å². The Morgan fingerprint density at radius 2 is 1.80 bits per heavy atom. The van der Waals surface area contributed by atoms with Gasteiger partial charge < -0.3 is 19.7 Å². The van der Waals surface area contributed by atoms with Crippen LogP contribution >= 0.6 is 11.3 Å². The third-order valence-electron chi connectivity index (χ3n) is 4.66. The average Bonchev–Trinajstić information content (AvgIpc) is 3.26. The molecule has 0 aliphatic carbocycles. The largest absolute Gasteiger partial charge is 0.486 e. The average molecular weight is 423 g/mol. The summed E-state index contributed by atoms with van der Waals surface area (Å²) in [6, 6.07) is 16.9. The van der Waals surface area contributed by atoms with Gasteiger partial charge in [0, 0.05) is 29.2 Å². The summed E-state index contributed by atoms with van der Waals surface area (Å²) >= 11 is 1.62. The zero-order valence-corrected chi connectivity index (χ0v) is 17.4. The molecule has 2 aromatic carbocycles. The van der Waals surface area contributed by atoms with E-state index in [1.165, 1.54) is 6.92 Å². The maximum absolute atomic E-state index is 13.3. The number of fused-ring (bicyclic) bond motifs is 1. The molecule has 0 saturated carbocycles. The molecule has 0 atom stereocenters. The van der Waals surface area contributed by atoms with Crippen LogP contribution in [0.3, 0.4) is 0 Å². The van der Waals surface area contributed by atoms with E-state index in [4.69, 9.17) is 9.47 Å². The first kappa shape index (κ1) is 20.0. The first-order valence-electron chi connectivity index (χ1n) is 9.67. The van der Waals surface area contributed by atoms with Gasteiger partial charge in [0.05, 0.1) is 13.0 Å². The monoisotopic (exact) mass is 422 g/mol. The molecule has 30 heavy (non-hydrogen) atoms. The van der Waals surface area contributed by atoms with E-state index in [-0.39, 0.29) is 18.2 Å². The summed E-state index contributed by atoms with van der Waals surface area (Å²) in [5.41, 5.74) is 2.36. The number of carbonyl (C=O) groups excluding carboxylic acids is 2. The Bertz CT molecular complexity index is 1030. The highest BCUT2D eigenvalue weighted by Crippen LogP contribution is 2.35. The fourth-order valence-corrected chi connectivity index (χ4v) is 3.95. The molecule has 0 saturated heterocycles. The third-order valence-corrected chi connectivity index (χ3v) is 5.52. The molecule has 2 heterocycles.